The highest BCUT2D eigenvalue weighted by atomic mass is 16.3. The Morgan fingerprint density at radius 2 is 1.94 bits per heavy atom. The molecule has 1 atom stereocenters. The molecule has 1 aromatic carbocycles. The molecule has 2 nitrogen and oxygen atoms in total. The topological polar surface area (TPSA) is 32.3 Å². The van der Waals surface area contributed by atoms with Crippen molar-refractivity contribution in [1.82, 2.24) is 5.32 Å². The van der Waals surface area contributed by atoms with Crippen molar-refractivity contribution < 1.29 is 5.11 Å². The third-order valence-electron chi connectivity index (χ3n) is 3.10. The summed E-state index contributed by atoms with van der Waals surface area (Å²) in [5, 5.41) is 12.9. The molecule has 0 spiro atoms. The van der Waals surface area contributed by atoms with Crippen LogP contribution in [0.25, 0.3) is 0 Å². The van der Waals surface area contributed by atoms with Gasteiger partial charge in [-0.2, -0.15) is 0 Å². The fourth-order valence-corrected chi connectivity index (χ4v) is 1.96. The maximum atomic E-state index is 9.40. The van der Waals surface area contributed by atoms with Crippen molar-refractivity contribution >= 4 is 0 Å². The van der Waals surface area contributed by atoms with E-state index in [9.17, 15) is 5.11 Å². The summed E-state index contributed by atoms with van der Waals surface area (Å²) in [6, 6.07) is 7.79. The molecule has 1 rings (SSSR count). The zero-order chi connectivity index (χ0) is 12.5. The summed E-state index contributed by atoms with van der Waals surface area (Å²) >= 11 is 0. The van der Waals surface area contributed by atoms with E-state index in [0.717, 1.165) is 12.1 Å². The van der Waals surface area contributed by atoms with Gasteiger partial charge in [0.05, 0.1) is 0 Å². The monoisotopic (exact) mass is 235 g/mol. The van der Waals surface area contributed by atoms with E-state index in [1.54, 1.807) is 6.07 Å². The van der Waals surface area contributed by atoms with Crippen LogP contribution in [0.3, 0.4) is 0 Å². The zero-order valence-electron chi connectivity index (χ0n) is 11.1. The van der Waals surface area contributed by atoms with Gasteiger partial charge >= 0.3 is 0 Å². The molecule has 0 saturated heterocycles. The number of hydrogen-bond acceptors (Lipinski definition) is 2. The van der Waals surface area contributed by atoms with E-state index in [-0.39, 0.29) is 0 Å². The number of hydrogen-bond donors (Lipinski definition) is 2. The van der Waals surface area contributed by atoms with Gasteiger partial charge in [-0.25, -0.2) is 0 Å². The Morgan fingerprint density at radius 3 is 2.65 bits per heavy atom. The molecule has 17 heavy (non-hydrogen) atoms. The maximum Gasteiger partial charge on any atom is 0.115 e. The van der Waals surface area contributed by atoms with Crippen molar-refractivity contribution in [1.29, 1.82) is 0 Å². The number of benzene rings is 1. The van der Waals surface area contributed by atoms with Crippen molar-refractivity contribution in [2.24, 2.45) is 0 Å². The zero-order valence-corrected chi connectivity index (χ0v) is 11.1. The molecule has 0 radical (unpaired) electrons. The Hall–Kier alpha value is -1.02. The minimum atomic E-state index is 0.313. The first-order valence-corrected chi connectivity index (χ1v) is 6.76. The highest BCUT2D eigenvalue weighted by Crippen LogP contribution is 2.17. The van der Waals surface area contributed by atoms with Crippen LogP contribution >= 0.6 is 0 Å². The standard InChI is InChI=1S/C15H25NO/c1-3-4-5-6-7-11-16-13(2)14-9-8-10-15(17)12-14/h8-10,12-13,16-17H,3-7,11H2,1-2H3. The van der Waals surface area contributed by atoms with E-state index < -0.39 is 0 Å². The molecule has 0 saturated carbocycles. The largest absolute Gasteiger partial charge is 0.508 e. The van der Waals surface area contributed by atoms with Crippen LogP contribution in [0.15, 0.2) is 24.3 Å². The van der Waals surface area contributed by atoms with Crippen molar-refractivity contribution in [3.05, 3.63) is 29.8 Å². The smallest absolute Gasteiger partial charge is 0.115 e. The van der Waals surface area contributed by atoms with Crippen molar-refractivity contribution in [2.45, 2.75) is 52.0 Å². The van der Waals surface area contributed by atoms with E-state index in [2.05, 4.69) is 25.2 Å². The van der Waals surface area contributed by atoms with E-state index >= 15 is 0 Å². The molecule has 96 valence electrons. The number of unbranched alkanes of at least 4 members (excludes halogenated alkanes) is 4. The summed E-state index contributed by atoms with van der Waals surface area (Å²) in [7, 11) is 0. The number of nitrogens with one attached hydrogen (secondary N) is 1. The van der Waals surface area contributed by atoms with Gasteiger partial charge in [-0.1, -0.05) is 44.7 Å². The van der Waals surface area contributed by atoms with Crippen molar-refractivity contribution in [3.63, 3.8) is 0 Å². The summed E-state index contributed by atoms with van der Waals surface area (Å²) in [5.74, 6) is 0.346. The summed E-state index contributed by atoms with van der Waals surface area (Å²) < 4.78 is 0. The maximum absolute atomic E-state index is 9.40. The van der Waals surface area contributed by atoms with Crippen molar-refractivity contribution in [3.8, 4) is 5.75 Å². The SMILES string of the molecule is CCCCCCCNC(C)c1cccc(O)c1. The molecule has 0 aliphatic carbocycles. The first kappa shape index (κ1) is 14.0. The Labute approximate surface area is 105 Å². The lowest BCUT2D eigenvalue weighted by atomic mass is 10.1. The van der Waals surface area contributed by atoms with Gasteiger partial charge in [0.15, 0.2) is 0 Å². The molecule has 2 heteroatoms. The molecule has 2 N–H and O–H groups in total. The molecule has 1 aromatic rings. The van der Waals surface area contributed by atoms with Crippen LogP contribution in [0, 0.1) is 0 Å². The van der Waals surface area contributed by atoms with Gasteiger partial charge in [0, 0.05) is 6.04 Å². The number of rotatable bonds is 8. The summed E-state index contributed by atoms with van der Waals surface area (Å²) in [6.45, 7) is 5.43. The molecule has 1 unspecified atom stereocenters. The molecule has 0 aliphatic heterocycles. The Kier molecular flexibility index (Phi) is 6.71. The molecule has 0 fully saturated rings. The van der Waals surface area contributed by atoms with Gasteiger partial charge < -0.3 is 10.4 Å². The number of phenolic OH excluding ortho intramolecular Hbond substituents is 1. The van der Waals surface area contributed by atoms with Crippen molar-refractivity contribution in [2.75, 3.05) is 6.54 Å². The average molecular weight is 235 g/mol. The molecule has 0 amide bonds. The van der Waals surface area contributed by atoms with Crippen LogP contribution in [0.2, 0.25) is 0 Å². The third kappa shape index (κ3) is 5.73. The lowest BCUT2D eigenvalue weighted by molar-refractivity contribution is 0.471. The van der Waals surface area contributed by atoms with Crippen LogP contribution in [0.5, 0.6) is 5.75 Å². The molecule has 0 aliphatic rings. The van der Waals surface area contributed by atoms with E-state index in [1.165, 1.54) is 32.1 Å². The van der Waals surface area contributed by atoms with E-state index in [0.29, 0.717) is 11.8 Å². The summed E-state index contributed by atoms with van der Waals surface area (Å²) in [6.07, 6.45) is 6.55. The Balaban J connectivity index is 2.19. The van der Waals surface area contributed by atoms with Crippen LogP contribution in [-0.4, -0.2) is 11.7 Å². The van der Waals surface area contributed by atoms with E-state index in [1.807, 2.05) is 12.1 Å². The predicted octanol–water partition coefficient (Wildman–Crippen LogP) is 4.01. The summed E-state index contributed by atoms with van der Waals surface area (Å²) in [5.41, 5.74) is 1.15. The molecule has 0 bridgehead atoms. The normalized spacial score (nSPS) is 12.6. The quantitative estimate of drug-likeness (QED) is 0.667. The highest BCUT2D eigenvalue weighted by molar-refractivity contribution is 5.28. The molecular weight excluding hydrogens is 210 g/mol. The van der Waals surface area contributed by atoms with Gasteiger partial charge in [-0.05, 0) is 37.6 Å². The Morgan fingerprint density at radius 1 is 1.18 bits per heavy atom. The first-order chi connectivity index (χ1) is 8.24. The summed E-state index contributed by atoms with van der Waals surface area (Å²) in [4.78, 5) is 0. The second-order valence-corrected chi connectivity index (χ2v) is 4.69. The first-order valence-electron chi connectivity index (χ1n) is 6.76. The second kappa shape index (κ2) is 8.13. The van der Waals surface area contributed by atoms with Gasteiger partial charge in [0.2, 0.25) is 0 Å². The van der Waals surface area contributed by atoms with Crippen LogP contribution in [-0.2, 0) is 0 Å². The fraction of sp³-hybridized carbons (Fsp3) is 0.600. The highest BCUT2D eigenvalue weighted by Gasteiger charge is 2.04. The molecule has 0 aromatic heterocycles. The third-order valence-corrected chi connectivity index (χ3v) is 3.10. The Bertz CT molecular complexity index is 312. The van der Waals surface area contributed by atoms with Gasteiger partial charge in [-0.3, -0.25) is 0 Å². The van der Waals surface area contributed by atoms with Crippen LogP contribution in [0.1, 0.15) is 57.6 Å². The molecule has 0 heterocycles. The van der Waals surface area contributed by atoms with Gasteiger partial charge in [-0.15, -0.1) is 0 Å². The lowest BCUT2D eigenvalue weighted by Crippen LogP contribution is -2.19. The minimum absolute atomic E-state index is 0.313. The number of phenols is 1. The lowest BCUT2D eigenvalue weighted by Gasteiger charge is -2.14. The van der Waals surface area contributed by atoms with Crippen LogP contribution in [0.4, 0.5) is 0 Å². The minimum Gasteiger partial charge on any atom is -0.508 e. The predicted molar refractivity (Wildman–Crippen MR) is 73.3 cm³/mol. The van der Waals surface area contributed by atoms with Gasteiger partial charge in [0.1, 0.15) is 5.75 Å². The second-order valence-electron chi connectivity index (χ2n) is 4.69. The molecular formula is C15H25NO. The van der Waals surface area contributed by atoms with E-state index in [4.69, 9.17) is 0 Å². The van der Waals surface area contributed by atoms with Gasteiger partial charge in [0.25, 0.3) is 0 Å². The average Bonchev–Trinajstić information content (AvgIpc) is 2.33. The van der Waals surface area contributed by atoms with Crippen LogP contribution < -0.4 is 5.32 Å². The number of aromatic hydroxyl groups is 1. The fourth-order valence-electron chi connectivity index (χ4n) is 1.96.